The Hall–Kier alpha value is -2.49. The number of aryl methyl sites for hydroxylation is 1. The van der Waals surface area contributed by atoms with Crippen molar-refractivity contribution in [3.05, 3.63) is 59.7 Å². The monoisotopic (exact) mass is 271 g/mol. The predicted octanol–water partition coefficient (Wildman–Crippen LogP) is 3.24. The first-order valence-electron chi connectivity index (χ1n) is 6.30. The van der Waals surface area contributed by atoms with Gasteiger partial charge in [0.1, 0.15) is 5.75 Å². The fourth-order valence-corrected chi connectivity index (χ4v) is 1.97. The van der Waals surface area contributed by atoms with Crippen molar-refractivity contribution in [3.8, 4) is 5.75 Å². The number of carbonyl (C=O) groups is 1. The lowest BCUT2D eigenvalue weighted by atomic mass is 10.0. The quantitative estimate of drug-likeness (QED) is 0.876. The van der Waals surface area contributed by atoms with E-state index in [1.54, 1.807) is 19.2 Å². The number of aliphatic carboxylic acids is 1. The van der Waals surface area contributed by atoms with Crippen LogP contribution < -0.4 is 10.1 Å². The molecule has 2 rings (SSSR count). The highest BCUT2D eigenvalue weighted by molar-refractivity contribution is 5.80. The summed E-state index contributed by atoms with van der Waals surface area (Å²) in [5.41, 5.74) is 2.45. The molecule has 1 unspecified atom stereocenters. The van der Waals surface area contributed by atoms with Gasteiger partial charge in [-0.25, -0.2) is 4.79 Å². The molecule has 0 aliphatic carbocycles. The topological polar surface area (TPSA) is 58.6 Å². The summed E-state index contributed by atoms with van der Waals surface area (Å²) in [4.78, 5) is 11.5. The molecule has 0 spiro atoms. The standard InChI is InChI=1S/C16H17NO3/c1-11-7-9-12(10-8-11)15(16(18)19)17-13-5-3-4-6-14(13)20-2/h3-10,15,17H,1-2H3,(H,18,19). The van der Waals surface area contributed by atoms with E-state index in [9.17, 15) is 9.90 Å². The molecule has 0 aromatic heterocycles. The van der Waals surface area contributed by atoms with Gasteiger partial charge in [-0.3, -0.25) is 0 Å². The second-order valence-corrected chi connectivity index (χ2v) is 4.53. The van der Waals surface area contributed by atoms with E-state index < -0.39 is 12.0 Å². The largest absolute Gasteiger partial charge is 0.495 e. The molecular formula is C16H17NO3. The van der Waals surface area contributed by atoms with E-state index in [-0.39, 0.29) is 0 Å². The summed E-state index contributed by atoms with van der Waals surface area (Å²) in [5, 5.41) is 12.4. The van der Waals surface area contributed by atoms with E-state index in [1.807, 2.05) is 43.3 Å². The van der Waals surface area contributed by atoms with Crippen molar-refractivity contribution in [2.24, 2.45) is 0 Å². The van der Waals surface area contributed by atoms with Gasteiger partial charge in [0.2, 0.25) is 0 Å². The predicted molar refractivity (Wildman–Crippen MR) is 78.2 cm³/mol. The van der Waals surface area contributed by atoms with Crippen molar-refractivity contribution in [2.75, 3.05) is 12.4 Å². The van der Waals surface area contributed by atoms with Gasteiger partial charge >= 0.3 is 5.97 Å². The van der Waals surface area contributed by atoms with Gasteiger partial charge < -0.3 is 15.2 Å². The molecule has 0 fully saturated rings. The van der Waals surface area contributed by atoms with E-state index in [1.165, 1.54) is 0 Å². The zero-order chi connectivity index (χ0) is 14.5. The zero-order valence-electron chi connectivity index (χ0n) is 11.5. The van der Waals surface area contributed by atoms with E-state index in [0.29, 0.717) is 17.0 Å². The molecule has 2 aromatic rings. The zero-order valence-corrected chi connectivity index (χ0v) is 11.5. The SMILES string of the molecule is COc1ccccc1NC(C(=O)O)c1ccc(C)cc1. The van der Waals surface area contributed by atoms with Crippen molar-refractivity contribution < 1.29 is 14.6 Å². The van der Waals surface area contributed by atoms with Crippen LogP contribution in [0.4, 0.5) is 5.69 Å². The molecular weight excluding hydrogens is 254 g/mol. The Balaban J connectivity index is 2.30. The van der Waals surface area contributed by atoms with Crippen LogP contribution in [0.15, 0.2) is 48.5 Å². The van der Waals surface area contributed by atoms with Crippen LogP contribution in [0.5, 0.6) is 5.75 Å². The number of anilines is 1. The van der Waals surface area contributed by atoms with E-state index in [4.69, 9.17) is 4.74 Å². The third kappa shape index (κ3) is 3.09. The molecule has 1 atom stereocenters. The molecule has 4 nitrogen and oxygen atoms in total. The van der Waals surface area contributed by atoms with Crippen LogP contribution >= 0.6 is 0 Å². The first kappa shape index (κ1) is 13.9. The number of nitrogens with one attached hydrogen (secondary N) is 1. The first-order chi connectivity index (χ1) is 9.61. The highest BCUT2D eigenvalue weighted by atomic mass is 16.5. The molecule has 0 bridgehead atoms. The summed E-state index contributed by atoms with van der Waals surface area (Å²) in [5.74, 6) is -0.314. The fourth-order valence-electron chi connectivity index (χ4n) is 1.97. The van der Waals surface area contributed by atoms with Crippen LogP contribution in [-0.2, 0) is 4.79 Å². The van der Waals surface area contributed by atoms with Gasteiger partial charge in [0.25, 0.3) is 0 Å². The van der Waals surface area contributed by atoms with Crippen LogP contribution in [0.1, 0.15) is 17.2 Å². The number of hydrogen-bond acceptors (Lipinski definition) is 3. The molecule has 0 heterocycles. The third-order valence-electron chi connectivity index (χ3n) is 3.06. The highest BCUT2D eigenvalue weighted by Gasteiger charge is 2.20. The lowest BCUT2D eigenvalue weighted by Gasteiger charge is -2.18. The molecule has 0 saturated carbocycles. The smallest absolute Gasteiger partial charge is 0.330 e. The average molecular weight is 271 g/mol. The second-order valence-electron chi connectivity index (χ2n) is 4.53. The summed E-state index contributed by atoms with van der Waals surface area (Å²) in [6.07, 6.45) is 0. The van der Waals surface area contributed by atoms with Gasteiger partial charge in [0.05, 0.1) is 12.8 Å². The van der Waals surface area contributed by atoms with Crippen molar-refractivity contribution in [1.29, 1.82) is 0 Å². The van der Waals surface area contributed by atoms with E-state index in [2.05, 4.69) is 5.32 Å². The molecule has 4 heteroatoms. The van der Waals surface area contributed by atoms with Gasteiger partial charge in [0.15, 0.2) is 6.04 Å². The molecule has 20 heavy (non-hydrogen) atoms. The van der Waals surface area contributed by atoms with Crippen LogP contribution in [0.25, 0.3) is 0 Å². The van der Waals surface area contributed by atoms with Crippen LogP contribution in [-0.4, -0.2) is 18.2 Å². The molecule has 0 saturated heterocycles. The summed E-state index contributed by atoms with van der Waals surface area (Å²) < 4.78 is 5.23. The first-order valence-corrected chi connectivity index (χ1v) is 6.30. The van der Waals surface area contributed by atoms with Gasteiger partial charge in [-0.2, -0.15) is 0 Å². The van der Waals surface area contributed by atoms with Crippen LogP contribution in [0, 0.1) is 6.92 Å². The number of benzene rings is 2. The number of carboxylic acids is 1. The summed E-state index contributed by atoms with van der Waals surface area (Å²) in [6.45, 7) is 1.97. The molecule has 0 aliphatic heterocycles. The second kappa shape index (κ2) is 6.10. The third-order valence-corrected chi connectivity index (χ3v) is 3.06. The minimum Gasteiger partial charge on any atom is -0.495 e. The Morgan fingerprint density at radius 3 is 2.40 bits per heavy atom. The van der Waals surface area contributed by atoms with E-state index in [0.717, 1.165) is 5.56 Å². The summed E-state index contributed by atoms with van der Waals surface area (Å²) >= 11 is 0. The van der Waals surface area contributed by atoms with Gasteiger partial charge in [-0.05, 0) is 24.6 Å². The van der Waals surface area contributed by atoms with E-state index >= 15 is 0 Å². The number of carboxylic acid groups (broad SMARTS) is 1. The minimum atomic E-state index is -0.931. The summed E-state index contributed by atoms with van der Waals surface area (Å²) in [6, 6.07) is 13.9. The van der Waals surface area contributed by atoms with Gasteiger partial charge in [-0.15, -0.1) is 0 Å². The number of rotatable bonds is 5. The molecule has 2 N–H and O–H groups in total. The number of methoxy groups -OCH3 is 1. The average Bonchev–Trinajstić information content (AvgIpc) is 2.46. The Morgan fingerprint density at radius 2 is 1.80 bits per heavy atom. The highest BCUT2D eigenvalue weighted by Crippen LogP contribution is 2.28. The van der Waals surface area contributed by atoms with Crippen molar-refractivity contribution in [1.82, 2.24) is 0 Å². The molecule has 104 valence electrons. The van der Waals surface area contributed by atoms with Crippen LogP contribution in [0.3, 0.4) is 0 Å². The maximum atomic E-state index is 11.5. The van der Waals surface area contributed by atoms with Gasteiger partial charge in [0, 0.05) is 0 Å². The lowest BCUT2D eigenvalue weighted by molar-refractivity contribution is -0.138. The number of para-hydroxylation sites is 2. The summed E-state index contributed by atoms with van der Waals surface area (Å²) in [7, 11) is 1.56. The normalized spacial score (nSPS) is 11.7. The maximum Gasteiger partial charge on any atom is 0.330 e. The molecule has 0 radical (unpaired) electrons. The number of hydrogen-bond donors (Lipinski definition) is 2. The molecule has 2 aromatic carbocycles. The lowest BCUT2D eigenvalue weighted by Crippen LogP contribution is -2.20. The van der Waals surface area contributed by atoms with Crippen molar-refractivity contribution in [2.45, 2.75) is 13.0 Å². The Morgan fingerprint density at radius 1 is 1.15 bits per heavy atom. The van der Waals surface area contributed by atoms with Crippen molar-refractivity contribution in [3.63, 3.8) is 0 Å². The van der Waals surface area contributed by atoms with Crippen molar-refractivity contribution >= 4 is 11.7 Å². The number of ether oxygens (including phenoxy) is 1. The Labute approximate surface area is 118 Å². The minimum absolute atomic E-state index is 0.617. The maximum absolute atomic E-state index is 11.5. The Kier molecular flexibility index (Phi) is 4.25. The van der Waals surface area contributed by atoms with Crippen LogP contribution in [0.2, 0.25) is 0 Å². The molecule has 0 amide bonds. The Bertz CT molecular complexity index is 593. The molecule has 0 aliphatic rings. The van der Waals surface area contributed by atoms with Gasteiger partial charge in [-0.1, -0.05) is 42.0 Å². The fraction of sp³-hybridized carbons (Fsp3) is 0.188.